The zero-order valence-electron chi connectivity index (χ0n) is 74.1. The molecule has 5 atom stereocenters. The third kappa shape index (κ3) is 91.7. The van der Waals surface area contributed by atoms with Gasteiger partial charge >= 0.3 is 33.6 Å². The molecule has 0 fully saturated rings. The zero-order chi connectivity index (χ0) is 85.1. The van der Waals surface area contributed by atoms with Crippen molar-refractivity contribution in [2.45, 2.75) is 411 Å². The molecule has 0 aromatic carbocycles. The number of hydrogen-bond donors (Lipinski definition) is 4. The Kier molecular flexibility index (Phi) is 86.7. The molecule has 672 valence electrons. The van der Waals surface area contributed by atoms with Crippen molar-refractivity contribution in [2.24, 2.45) is 0 Å². The molecule has 16 nitrogen and oxygen atoms in total. The standard InChI is InChI=1S/C99H170O16P2/c1-4-7-10-13-16-19-22-25-28-31-34-36-38-40-42-43-44-45-46-47-48-49-51-53-54-56-59-61-64-67-70-73-76-79-82-85-97(102)109-88-94(100)89-111-116(105,106)112-90-95(101)91-113-117(107,108)114-93-96(115-99(104)87-84-81-78-75-72-69-66-63-58-33-30-27-24-21-18-15-12-9-6-3)92-110-98(103)86-83-80-77-74-71-68-65-62-60-57-55-52-50-41-39-37-35-32-29-26-23-20-17-14-11-8-5-2/h7,10,16-21,25-30,34-37,40-42,44-45,50,58,63,94-96,100-101H,4-6,8-9,11-15,22-24,31-33,38-39,43,46-49,51-57,59-62,64-93H2,1-3H3,(H,105,106)(H,107,108)/b10-7-,19-16-,20-17-,21-18-,28-25-,29-26-,30-27-,36-34-,37-35-,42-40-,45-44-,50-41-,63-58-. The average molecular weight is 1680 g/mol. The number of aliphatic hydroxyl groups excluding tert-OH is 2. The van der Waals surface area contributed by atoms with Gasteiger partial charge in [-0.3, -0.25) is 32.5 Å². The van der Waals surface area contributed by atoms with E-state index in [9.17, 15) is 43.5 Å². The van der Waals surface area contributed by atoms with Crippen LogP contribution in [0.15, 0.2) is 158 Å². The van der Waals surface area contributed by atoms with Gasteiger partial charge in [-0.1, -0.05) is 378 Å². The molecule has 0 aliphatic carbocycles. The van der Waals surface area contributed by atoms with Crippen LogP contribution >= 0.6 is 15.6 Å². The maximum absolute atomic E-state index is 13.1. The molecular formula is C99H170O16P2. The van der Waals surface area contributed by atoms with Crippen molar-refractivity contribution in [1.82, 2.24) is 0 Å². The fourth-order valence-electron chi connectivity index (χ4n) is 12.6. The molecule has 5 unspecified atom stereocenters. The third-order valence-electron chi connectivity index (χ3n) is 19.7. The van der Waals surface area contributed by atoms with E-state index in [4.69, 9.17) is 32.3 Å². The Morgan fingerprint density at radius 3 is 0.718 bits per heavy atom. The van der Waals surface area contributed by atoms with Crippen molar-refractivity contribution >= 4 is 33.6 Å². The van der Waals surface area contributed by atoms with Crippen molar-refractivity contribution in [3.8, 4) is 0 Å². The summed E-state index contributed by atoms with van der Waals surface area (Å²) in [5.74, 6) is -1.58. The number of phosphoric acid groups is 2. The highest BCUT2D eigenvalue weighted by atomic mass is 31.2. The van der Waals surface area contributed by atoms with Gasteiger partial charge in [-0.2, -0.15) is 0 Å². The quantitative estimate of drug-likeness (QED) is 0.0146. The molecule has 0 aromatic rings. The van der Waals surface area contributed by atoms with E-state index in [1.807, 2.05) is 0 Å². The SMILES string of the molecule is CC/C=C\C/C=C\C/C=C\C/C=C\C/C=C\C/C=C\CCCCCCCCCCCCCCCCCCC(=O)OCC(O)COP(=O)(O)OCC(O)COP(=O)(O)OCC(COC(=O)CCCCCCCCCCCCC/C=C\C/C=C\C/C=C\C/C=C\CCCCC)OC(=O)CCCCCCCC/C=C\C/C=C\C/C=C\CCCCC. The molecule has 117 heavy (non-hydrogen) atoms. The van der Waals surface area contributed by atoms with Gasteiger partial charge < -0.3 is 34.2 Å². The lowest BCUT2D eigenvalue weighted by atomic mass is 10.0. The molecule has 0 aliphatic heterocycles. The van der Waals surface area contributed by atoms with Gasteiger partial charge in [0, 0.05) is 19.3 Å². The Morgan fingerprint density at radius 2 is 0.453 bits per heavy atom. The monoisotopic (exact) mass is 1680 g/mol. The van der Waals surface area contributed by atoms with Gasteiger partial charge in [0.1, 0.15) is 25.4 Å². The summed E-state index contributed by atoms with van der Waals surface area (Å²) in [6.07, 6.45) is 116. The molecule has 4 N–H and O–H groups in total. The van der Waals surface area contributed by atoms with E-state index in [-0.39, 0.29) is 19.3 Å². The molecule has 0 amide bonds. The number of carbonyl (C=O) groups excluding carboxylic acids is 3. The maximum atomic E-state index is 13.1. The molecular weight excluding hydrogens is 1510 g/mol. The van der Waals surface area contributed by atoms with E-state index in [2.05, 4.69) is 179 Å². The summed E-state index contributed by atoms with van der Waals surface area (Å²) in [6.45, 7) is 2.54. The van der Waals surface area contributed by atoms with Crippen LogP contribution in [-0.2, 0) is 55.8 Å². The van der Waals surface area contributed by atoms with Crippen molar-refractivity contribution in [3.63, 3.8) is 0 Å². The number of aliphatic hydroxyl groups is 2. The first kappa shape index (κ1) is 112. The number of hydrogen-bond acceptors (Lipinski definition) is 14. The highest BCUT2D eigenvalue weighted by Crippen LogP contribution is 2.45. The minimum Gasteiger partial charge on any atom is -0.463 e. The van der Waals surface area contributed by atoms with Crippen molar-refractivity contribution in [1.29, 1.82) is 0 Å². The molecule has 18 heteroatoms. The topological polar surface area (TPSA) is 231 Å². The molecule has 0 saturated heterocycles. The number of allylic oxidation sites excluding steroid dienone is 26. The Labute approximate surface area is 714 Å². The summed E-state index contributed by atoms with van der Waals surface area (Å²) in [5, 5.41) is 20.7. The van der Waals surface area contributed by atoms with Crippen molar-refractivity contribution in [2.75, 3.05) is 39.6 Å². The summed E-state index contributed by atoms with van der Waals surface area (Å²) < 4.78 is 61.5. The lowest BCUT2D eigenvalue weighted by Crippen LogP contribution is -2.30. The summed E-state index contributed by atoms with van der Waals surface area (Å²) in [7, 11) is -9.81. The van der Waals surface area contributed by atoms with E-state index in [1.165, 1.54) is 167 Å². The highest BCUT2D eigenvalue weighted by Gasteiger charge is 2.29. The van der Waals surface area contributed by atoms with Crippen LogP contribution < -0.4 is 0 Å². The second-order valence-electron chi connectivity index (χ2n) is 31.1. The molecule has 0 spiro atoms. The zero-order valence-corrected chi connectivity index (χ0v) is 75.9. The first-order chi connectivity index (χ1) is 57.2. The largest absolute Gasteiger partial charge is 0.472 e. The Balaban J connectivity index is 4.52. The van der Waals surface area contributed by atoms with Crippen molar-refractivity contribution in [3.05, 3.63) is 158 Å². The van der Waals surface area contributed by atoms with Gasteiger partial charge in [0.05, 0.1) is 26.4 Å². The van der Waals surface area contributed by atoms with Gasteiger partial charge in [0.2, 0.25) is 0 Å². The van der Waals surface area contributed by atoms with Crippen LogP contribution in [0, 0.1) is 0 Å². The lowest BCUT2D eigenvalue weighted by molar-refractivity contribution is -0.161. The summed E-state index contributed by atoms with van der Waals surface area (Å²) in [5.41, 5.74) is 0. The molecule has 0 aromatic heterocycles. The van der Waals surface area contributed by atoms with E-state index >= 15 is 0 Å². The van der Waals surface area contributed by atoms with Crippen LogP contribution in [0.1, 0.15) is 393 Å². The number of carbonyl (C=O) groups is 3. The van der Waals surface area contributed by atoms with Gasteiger partial charge in [-0.25, -0.2) is 9.13 Å². The van der Waals surface area contributed by atoms with E-state index < -0.39 is 91.5 Å². The van der Waals surface area contributed by atoms with E-state index in [0.717, 1.165) is 167 Å². The highest BCUT2D eigenvalue weighted by molar-refractivity contribution is 7.47. The summed E-state index contributed by atoms with van der Waals surface area (Å²) in [6, 6.07) is 0. The van der Waals surface area contributed by atoms with E-state index in [0.29, 0.717) is 19.3 Å². The van der Waals surface area contributed by atoms with Crippen LogP contribution in [0.4, 0.5) is 0 Å². The van der Waals surface area contributed by atoms with Crippen LogP contribution in [0.3, 0.4) is 0 Å². The summed E-state index contributed by atoms with van der Waals surface area (Å²) >= 11 is 0. The molecule has 0 bridgehead atoms. The summed E-state index contributed by atoms with van der Waals surface area (Å²) in [4.78, 5) is 59.0. The minimum atomic E-state index is -4.95. The average Bonchev–Trinajstić information content (AvgIpc) is 0.904. The third-order valence-corrected chi connectivity index (χ3v) is 21.6. The molecule has 0 rings (SSSR count). The Morgan fingerprint density at radius 1 is 0.248 bits per heavy atom. The number of ether oxygens (including phenoxy) is 3. The second-order valence-corrected chi connectivity index (χ2v) is 34.0. The fraction of sp³-hybridized carbons (Fsp3) is 0.707. The van der Waals surface area contributed by atoms with Crippen LogP contribution in [0.5, 0.6) is 0 Å². The number of unbranched alkanes of at least 4 members (excludes halogenated alkanes) is 39. The maximum Gasteiger partial charge on any atom is 0.472 e. The fourth-order valence-corrected chi connectivity index (χ4v) is 14.2. The van der Waals surface area contributed by atoms with Crippen LogP contribution in [0.2, 0.25) is 0 Å². The smallest absolute Gasteiger partial charge is 0.463 e. The normalized spacial score (nSPS) is 14.5. The van der Waals surface area contributed by atoms with Gasteiger partial charge in [0.15, 0.2) is 6.10 Å². The molecule has 0 aliphatic rings. The van der Waals surface area contributed by atoms with Gasteiger partial charge in [0.25, 0.3) is 0 Å². The predicted molar refractivity (Wildman–Crippen MR) is 491 cm³/mol. The Bertz CT molecular complexity index is 2760. The van der Waals surface area contributed by atoms with Crippen molar-refractivity contribution < 1.29 is 75.8 Å². The predicted octanol–water partition coefficient (Wildman–Crippen LogP) is 28.9. The molecule has 0 radical (unpaired) electrons. The van der Waals surface area contributed by atoms with Gasteiger partial charge in [-0.05, 0) is 154 Å². The number of phosphoric ester groups is 2. The van der Waals surface area contributed by atoms with E-state index in [1.54, 1.807) is 0 Å². The van der Waals surface area contributed by atoms with Crippen LogP contribution in [-0.4, -0.2) is 95.9 Å². The Hall–Kier alpha value is -4.83. The molecule has 0 heterocycles. The minimum absolute atomic E-state index is 0.0872. The number of rotatable bonds is 88. The van der Waals surface area contributed by atoms with Crippen LogP contribution in [0.25, 0.3) is 0 Å². The lowest BCUT2D eigenvalue weighted by Gasteiger charge is -2.21. The van der Waals surface area contributed by atoms with Gasteiger partial charge in [-0.15, -0.1) is 0 Å². The second kappa shape index (κ2) is 90.4. The first-order valence-electron chi connectivity index (χ1n) is 46.8. The number of esters is 3. The molecule has 0 saturated carbocycles. The first-order valence-corrected chi connectivity index (χ1v) is 49.8.